The zero-order chi connectivity index (χ0) is 23.2. The first kappa shape index (κ1) is 22.1. The molecule has 32 heavy (non-hydrogen) atoms. The molecule has 0 aliphatic heterocycles. The van der Waals surface area contributed by atoms with Gasteiger partial charge in [-0.3, -0.25) is 14.3 Å². The Morgan fingerprint density at radius 3 is 2.50 bits per heavy atom. The Labute approximate surface area is 189 Å². The molecule has 6 nitrogen and oxygen atoms in total. The second-order valence-electron chi connectivity index (χ2n) is 7.38. The molecular weight excluding hydrogens is 468 g/mol. The van der Waals surface area contributed by atoms with Crippen LogP contribution in [0.2, 0.25) is 10.0 Å². The molecule has 2 aromatic heterocycles. The summed E-state index contributed by atoms with van der Waals surface area (Å²) in [7, 11) is 0. The molecule has 0 amide bonds. The number of hydrogen-bond acceptors (Lipinski definition) is 4. The van der Waals surface area contributed by atoms with Crippen molar-refractivity contribution in [1.82, 2.24) is 14.1 Å². The highest BCUT2D eigenvalue weighted by atomic mass is 35.5. The van der Waals surface area contributed by atoms with Crippen LogP contribution in [0.4, 0.5) is 13.2 Å². The molecule has 2 heterocycles. The van der Waals surface area contributed by atoms with E-state index in [0.717, 1.165) is 15.2 Å². The van der Waals surface area contributed by atoms with Gasteiger partial charge >= 0.3 is 5.69 Å². The summed E-state index contributed by atoms with van der Waals surface area (Å²) < 4.78 is 42.9. The zero-order valence-electron chi connectivity index (χ0n) is 16.2. The highest BCUT2D eigenvalue weighted by Gasteiger charge is 2.48. The number of aromatic nitrogens is 3. The van der Waals surface area contributed by atoms with Crippen LogP contribution in [-0.2, 0) is 6.54 Å². The van der Waals surface area contributed by atoms with E-state index in [1.165, 1.54) is 30.6 Å². The molecule has 0 saturated heterocycles. The van der Waals surface area contributed by atoms with E-state index in [2.05, 4.69) is 4.98 Å². The minimum atomic E-state index is -2.96. The van der Waals surface area contributed by atoms with Crippen molar-refractivity contribution < 1.29 is 13.2 Å². The van der Waals surface area contributed by atoms with Gasteiger partial charge in [-0.15, -0.1) is 0 Å². The molecule has 1 aliphatic carbocycles. The number of nitrogens with zero attached hydrogens (tertiary/aromatic N) is 4. The van der Waals surface area contributed by atoms with Crippen molar-refractivity contribution in [3.8, 4) is 22.9 Å². The largest absolute Gasteiger partial charge is 0.336 e. The lowest BCUT2D eigenvalue weighted by atomic mass is 9.76. The molecule has 1 aliphatic rings. The summed E-state index contributed by atoms with van der Waals surface area (Å²) in [6, 6.07) is 6.63. The number of pyridine rings is 1. The highest BCUT2D eigenvalue weighted by Crippen LogP contribution is 2.49. The van der Waals surface area contributed by atoms with Gasteiger partial charge in [-0.1, -0.05) is 29.3 Å². The quantitative estimate of drug-likeness (QED) is 0.548. The van der Waals surface area contributed by atoms with Crippen LogP contribution < -0.4 is 11.2 Å². The van der Waals surface area contributed by atoms with Crippen LogP contribution in [0.5, 0.6) is 0 Å². The van der Waals surface area contributed by atoms with Gasteiger partial charge in [0.1, 0.15) is 12.4 Å². The number of benzene rings is 1. The number of hydrogen-bond donors (Lipinski definition) is 0. The van der Waals surface area contributed by atoms with Gasteiger partial charge in [0.05, 0.1) is 33.6 Å². The topological polar surface area (TPSA) is 80.7 Å². The maximum atomic E-state index is 13.8. The second-order valence-corrected chi connectivity index (χ2v) is 8.22. The Kier molecular flexibility index (Phi) is 5.61. The van der Waals surface area contributed by atoms with Crippen LogP contribution in [0.15, 0.2) is 46.2 Å². The van der Waals surface area contributed by atoms with Crippen molar-refractivity contribution in [1.29, 1.82) is 5.26 Å². The first-order chi connectivity index (χ1) is 15.1. The molecule has 0 radical (unpaired) electrons. The van der Waals surface area contributed by atoms with E-state index in [0.29, 0.717) is 0 Å². The maximum Gasteiger partial charge on any atom is 0.336 e. The molecule has 1 saturated carbocycles. The van der Waals surface area contributed by atoms with Crippen molar-refractivity contribution >= 4 is 23.2 Å². The minimum Gasteiger partial charge on any atom is -0.282 e. The fourth-order valence-electron chi connectivity index (χ4n) is 3.84. The molecule has 11 heteroatoms. The van der Waals surface area contributed by atoms with E-state index in [-0.39, 0.29) is 32.6 Å². The second kappa shape index (κ2) is 8.11. The average molecular weight is 481 g/mol. The lowest BCUT2D eigenvalue weighted by Gasteiger charge is -2.37. The third kappa shape index (κ3) is 3.80. The average Bonchev–Trinajstić information content (AvgIpc) is 2.70. The minimum absolute atomic E-state index is 0.0126. The Hall–Kier alpha value is -3.09. The van der Waals surface area contributed by atoms with Crippen molar-refractivity contribution in [2.75, 3.05) is 0 Å². The number of rotatable bonds is 4. The number of alkyl halides is 2. The Morgan fingerprint density at radius 1 is 1.19 bits per heavy atom. The number of halogens is 5. The molecule has 0 unspecified atom stereocenters. The van der Waals surface area contributed by atoms with Gasteiger partial charge < -0.3 is 0 Å². The van der Waals surface area contributed by atoms with Gasteiger partial charge in [-0.05, 0) is 23.8 Å². The van der Waals surface area contributed by atoms with E-state index in [9.17, 15) is 28.0 Å². The highest BCUT2D eigenvalue weighted by molar-refractivity contribution is 6.31. The lowest BCUT2D eigenvalue weighted by molar-refractivity contribution is -0.0882. The summed E-state index contributed by atoms with van der Waals surface area (Å²) in [5, 5.41) is 9.17. The fraction of sp³-hybridized carbons (Fsp3) is 0.238. The monoisotopic (exact) mass is 480 g/mol. The van der Waals surface area contributed by atoms with Crippen LogP contribution in [0, 0.1) is 17.1 Å². The van der Waals surface area contributed by atoms with Gasteiger partial charge in [0.15, 0.2) is 0 Å². The van der Waals surface area contributed by atoms with Crippen LogP contribution in [-0.4, -0.2) is 20.0 Å². The van der Waals surface area contributed by atoms with Gasteiger partial charge in [0.25, 0.3) is 5.56 Å². The van der Waals surface area contributed by atoms with Crippen LogP contribution in [0.1, 0.15) is 24.5 Å². The summed E-state index contributed by atoms with van der Waals surface area (Å²) >= 11 is 11.9. The molecule has 0 atom stereocenters. The van der Waals surface area contributed by atoms with E-state index in [1.54, 1.807) is 0 Å². The molecule has 3 aromatic rings. The van der Waals surface area contributed by atoms with Crippen molar-refractivity contribution in [3.63, 3.8) is 0 Å². The molecule has 1 aromatic carbocycles. The standard InChI is InChI=1S/C21H13Cl2F3N4O2/c22-13-6-14(10-28-9-13)30-19(31)17(11-1-2-16(24)15(23)5-11)18(12-7-21(25,26)8-12)29(4-3-27)20(30)32/h1-2,5-6,9-10,12H,4,7-8H2. The first-order valence-electron chi connectivity index (χ1n) is 9.34. The summed E-state index contributed by atoms with van der Waals surface area (Å²) in [4.78, 5) is 30.7. The normalized spacial score (nSPS) is 15.2. The molecule has 0 spiro atoms. The maximum absolute atomic E-state index is 13.8. The van der Waals surface area contributed by atoms with Crippen LogP contribution in [0.25, 0.3) is 16.8 Å². The third-order valence-electron chi connectivity index (χ3n) is 5.25. The first-order valence-corrected chi connectivity index (χ1v) is 10.1. The predicted octanol–water partition coefficient (Wildman–Crippen LogP) is 4.54. The SMILES string of the molecule is N#CCn1c(C2CC(F)(F)C2)c(-c2ccc(F)c(Cl)c2)c(=O)n(-c2cncc(Cl)c2)c1=O. The van der Waals surface area contributed by atoms with Crippen LogP contribution in [0.3, 0.4) is 0 Å². The van der Waals surface area contributed by atoms with Gasteiger partial charge in [0, 0.05) is 30.7 Å². The van der Waals surface area contributed by atoms with Crippen molar-refractivity contribution in [3.05, 3.63) is 79.1 Å². The smallest absolute Gasteiger partial charge is 0.282 e. The van der Waals surface area contributed by atoms with E-state index < -0.39 is 48.3 Å². The van der Waals surface area contributed by atoms with Gasteiger partial charge in [-0.2, -0.15) is 5.26 Å². The molecule has 0 bridgehead atoms. The summed E-state index contributed by atoms with van der Waals surface area (Å²) in [6.45, 7) is -0.494. The van der Waals surface area contributed by atoms with E-state index >= 15 is 0 Å². The van der Waals surface area contributed by atoms with Gasteiger partial charge in [0.2, 0.25) is 5.92 Å². The van der Waals surface area contributed by atoms with Gasteiger partial charge in [-0.25, -0.2) is 22.5 Å². The van der Waals surface area contributed by atoms with E-state index in [1.807, 2.05) is 6.07 Å². The third-order valence-corrected chi connectivity index (χ3v) is 5.74. The summed E-state index contributed by atoms with van der Waals surface area (Å²) in [5.74, 6) is -4.55. The molecular formula is C21H13Cl2F3N4O2. The molecule has 0 N–H and O–H groups in total. The molecule has 164 valence electrons. The van der Waals surface area contributed by atoms with E-state index in [4.69, 9.17) is 23.2 Å². The lowest BCUT2D eigenvalue weighted by Crippen LogP contribution is -2.45. The molecule has 1 fully saturated rings. The number of nitriles is 1. The van der Waals surface area contributed by atoms with Crippen molar-refractivity contribution in [2.24, 2.45) is 0 Å². The Bertz CT molecular complexity index is 1390. The Morgan fingerprint density at radius 2 is 1.91 bits per heavy atom. The fourth-order valence-corrected chi connectivity index (χ4v) is 4.19. The summed E-state index contributed by atoms with van der Waals surface area (Å²) in [6.07, 6.45) is 1.34. The molecule has 4 rings (SSSR count). The van der Waals surface area contributed by atoms with Crippen molar-refractivity contribution in [2.45, 2.75) is 31.2 Å². The zero-order valence-corrected chi connectivity index (χ0v) is 17.7. The van der Waals surface area contributed by atoms with Crippen LogP contribution >= 0.6 is 23.2 Å². The Balaban J connectivity index is 2.11. The summed E-state index contributed by atoms with van der Waals surface area (Å²) in [5.41, 5.74) is -1.73. The predicted molar refractivity (Wildman–Crippen MR) is 112 cm³/mol.